The zero-order valence-electron chi connectivity index (χ0n) is 12.1. The van der Waals surface area contributed by atoms with E-state index < -0.39 is 18.0 Å². The van der Waals surface area contributed by atoms with E-state index in [2.05, 4.69) is 10.6 Å². The number of nitrogens with one attached hydrogen (secondary N) is 2. The molecule has 0 bridgehead atoms. The fourth-order valence-electron chi connectivity index (χ4n) is 1.87. The van der Waals surface area contributed by atoms with Crippen molar-refractivity contribution in [1.29, 1.82) is 0 Å². The van der Waals surface area contributed by atoms with Crippen LogP contribution in [-0.4, -0.2) is 29.2 Å². The van der Waals surface area contributed by atoms with Crippen LogP contribution in [-0.2, 0) is 11.2 Å². The van der Waals surface area contributed by atoms with Crippen LogP contribution in [0.3, 0.4) is 0 Å². The van der Waals surface area contributed by atoms with E-state index in [0.29, 0.717) is 6.42 Å². The smallest absolute Gasteiger partial charge is 0.326 e. The number of rotatable bonds is 7. The Bertz CT molecular complexity index is 434. The summed E-state index contributed by atoms with van der Waals surface area (Å²) in [5.41, 5.74) is 0. The van der Waals surface area contributed by atoms with Crippen molar-refractivity contribution in [3.63, 3.8) is 0 Å². The summed E-state index contributed by atoms with van der Waals surface area (Å²) in [7, 11) is 0. The molecule has 112 valence electrons. The summed E-state index contributed by atoms with van der Waals surface area (Å²) in [6.07, 6.45) is 1.44. The number of carboxylic acid groups (broad SMARTS) is 1. The maximum absolute atomic E-state index is 11.8. The molecule has 2 unspecified atom stereocenters. The molecule has 0 fully saturated rings. The molecule has 3 N–H and O–H groups in total. The van der Waals surface area contributed by atoms with Crippen LogP contribution in [0.15, 0.2) is 17.5 Å². The van der Waals surface area contributed by atoms with E-state index in [9.17, 15) is 9.59 Å². The summed E-state index contributed by atoms with van der Waals surface area (Å²) in [6.45, 7) is 5.62. The van der Waals surface area contributed by atoms with E-state index in [1.807, 2.05) is 38.3 Å². The van der Waals surface area contributed by atoms with Gasteiger partial charge in [0.15, 0.2) is 0 Å². The second-order valence-electron chi connectivity index (χ2n) is 5.00. The topological polar surface area (TPSA) is 78.4 Å². The first-order valence-corrected chi connectivity index (χ1v) is 7.64. The Balaban J connectivity index is 2.46. The molecule has 3 atom stereocenters. The van der Waals surface area contributed by atoms with Gasteiger partial charge in [0.05, 0.1) is 0 Å². The lowest BCUT2D eigenvalue weighted by Gasteiger charge is -2.22. The molecule has 1 aromatic rings. The Morgan fingerprint density at radius 3 is 2.55 bits per heavy atom. The van der Waals surface area contributed by atoms with Gasteiger partial charge in [0.1, 0.15) is 6.04 Å². The van der Waals surface area contributed by atoms with E-state index in [-0.39, 0.29) is 12.0 Å². The lowest BCUT2D eigenvalue weighted by atomic mass is 9.99. The van der Waals surface area contributed by atoms with Gasteiger partial charge in [-0.15, -0.1) is 11.3 Å². The average molecular weight is 298 g/mol. The van der Waals surface area contributed by atoms with Crippen molar-refractivity contribution in [2.75, 3.05) is 0 Å². The minimum Gasteiger partial charge on any atom is -0.480 e. The third kappa shape index (κ3) is 5.21. The minimum atomic E-state index is -1.000. The van der Waals surface area contributed by atoms with Crippen molar-refractivity contribution in [2.24, 2.45) is 5.92 Å². The molecule has 0 saturated heterocycles. The van der Waals surface area contributed by atoms with Crippen LogP contribution in [0.4, 0.5) is 4.79 Å². The van der Waals surface area contributed by atoms with Crippen LogP contribution < -0.4 is 10.6 Å². The summed E-state index contributed by atoms with van der Waals surface area (Å²) in [6, 6.07) is 2.66. The number of carboxylic acids is 1. The Morgan fingerprint density at radius 1 is 1.35 bits per heavy atom. The second kappa shape index (κ2) is 7.89. The molecular formula is C14H22N2O3S. The van der Waals surface area contributed by atoms with Crippen molar-refractivity contribution in [3.8, 4) is 0 Å². The average Bonchev–Trinajstić information content (AvgIpc) is 2.87. The van der Waals surface area contributed by atoms with Crippen LogP contribution in [0, 0.1) is 5.92 Å². The van der Waals surface area contributed by atoms with Gasteiger partial charge >= 0.3 is 12.0 Å². The Hall–Kier alpha value is -1.56. The summed E-state index contributed by atoms with van der Waals surface area (Å²) in [4.78, 5) is 24.2. The van der Waals surface area contributed by atoms with Gasteiger partial charge in [0.25, 0.3) is 0 Å². The molecule has 0 aliphatic heterocycles. The van der Waals surface area contributed by atoms with Gasteiger partial charge in [-0.2, -0.15) is 0 Å². The molecule has 0 saturated carbocycles. The van der Waals surface area contributed by atoms with Gasteiger partial charge in [-0.05, 0) is 24.3 Å². The number of carbonyl (C=O) groups is 2. The second-order valence-corrected chi connectivity index (χ2v) is 6.04. The number of hydrogen-bond acceptors (Lipinski definition) is 3. The maximum Gasteiger partial charge on any atom is 0.326 e. The highest BCUT2D eigenvalue weighted by molar-refractivity contribution is 7.09. The number of carbonyl (C=O) groups excluding carboxylic acids is 1. The van der Waals surface area contributed by atoms with Gasteiger partial charge in [0.2, 0.25) is 0 Å². The summed E-state index contributed by atoms with van der Waals surface area (Å²) >= 11 is 1.64. The van der Waals surface area contributed by atoms with Crippen molar-refractivity contribution >= 4 is 23.3 Å². The summed E-state index contributed by atoms with van der Waals surface area (Å²) in [5.74, 6) is -1.11. The van der Waals surface area contributed by atoms with Gasteiger partial charge < -0.3 is 15.7 Å². The first-order chi connectivity index (χ1) is 9.43. The summed E-state index contributed by atoms with van der Waals surface area (Å²) < 4.78 is 0. The SMILES string of the molecule is CCC(C)[C@H](NC(=O)NC(C)Cc1cccs1)C(=O)O. The molecule has 1 heterocycles. The monoisotopic (exact) mass is 298 g/mol. The number of hydrogen-bond donors (Lipinski definition) is 3. The summed E-state index contributed by atoms with van der Waals surface area (Å²) in [5, 5.41) is 16.4. The quantitative estimate of drug-likeness (QED) is 0.723. The lowest BCUT2D eigenvalue weighted by Crippen LogP contribution is -2.51. The molecule has 1 rings (SSSR count). The fourth-order valence-corrected chi connectivity index (χ4v) is 2.71. The van der Waals surface area contributed by atoms with Gasteiger partial charge in [-0.25, -0.2) is 9.59 Å². The lowest BCUT2D eigenvalue weighted by molar-refractivity contribution is -0.140. The largest absolute Gasteiger partial charge is 0.480 e. The van der Waals surface area contributed by atoms with Gasteiger partial charge in [0, 0.05) is 17.3 Å². The first-order valence-electron chi connectivity index (χ1n) is 6.76. The van der Waals surface area contributed by atoms with Crippen molar-refractivity contribution < 1.29 is 14.7 Å². The van der Waals surface area contributed by atoms with Gasteiger partial charge in [-0.3, -0.25) is 0 Å². The highest BCUT2D eigenvalue weighted by Gasteiger charge is 2.25. The van der Waals surface area contributed by atoms with Crippen LogP contribution in [0.25, 0.3) is 0 Å². The fraction of sp³-hybridized carbons (Fsp3) is 0.571. The third-order valence-corrected chi connectivity index (χ3v) is 4.13. The van der Waals surface area contributed by atoms with E-state index in [0.717, 1.165) is 6.42 Å². The minimum absolute atomic E-state index is 0.0416. The van der Waals surface area contributed by atoms with Crippen LogP contribution >= 0.6 is 11.3 Å². The molecule has 0 aliphatic carbocycles. The predicted molar refractivity (Wildman–Crippen MR) is 80.0 cm³/mol. The maximum atomic E-state index is 11.8. The van der Waals surface area contributed by atoms with Crippen LogP contribution in [0.1, 0.15) is 32.1 Å². The van der Waals surface area contributed by atoms with E-state index in [1.54, 1.807) is 11.3 Å². The Morgan fingerprint density at radius 2 is 2.05 bits per heavy atom. The van der Waals surface area contributed by atoms with Gasteiger partial charge in [-0.1, -0.05) is 26.3 Å². The van der Waals surface area contributed by atoms with Crippen LogP contribution in [0.5, 0.6) is 0 Å². The standard InChI is InChI=1S/C14H22N2O3S/c1-4-9(2)12(13(17)18)16-14(19)15-10(3)8-11-6-5-7-20-11/h5-7,9-10,12H,4,8H2,1-3H3,(H,17,18)(H2,15,16,19)/t9?,10?,12-/m0/s1. The zero-order chi connectivity index (χ0) is 15.1. The third-order valence-electron chi connectivity index (χ3n) is 3.23. The number of amides is 2. The van der Waals surface area contributed by atoms with Crippen molar-refractivity contribution in [3.05, 3.63) is 22.4 Å². The van der Waals surface area contributed by atoms with Crippen molar-refractivity contribution in [1.82, 2.24) is 10.6 Å². The number of thiophene rings is 1. The van der Waals surface area contributed by atoms with E-state index in [4.69, 9.17) is 5.11 Å². The molecule has 5 nitrogen and oxygen atoms in total. The zero-order valence-corrected chi connectivity index (χ0v) is 12.9. The number of aliphatic carboxylic acids is 1. The normalized spacial score (nSPS) is 15.2. The van der Waals surface area contributed by atoms with Crippen molar-refractivity contribution in [2.45, 2.75) is 45.7 Å². The molecule has 2 amide bonds. The Kier molecular flexibility index (Phi) is 6.51. The van der Waals surface area contributed by atoms with Crippen LogP contribution in [0.2, 0.25) is 0 Å². The highest BCUT2D eigenvalue weighted by Crippen LogP contribution is 2.11. The highest BCUT2D eigenvalue weighted by atomic mass is 32.1. The molecule has 0 radical (unpaired) electrons. The molecule has 1 aromatic heterocycles. The van der Waals surface area contributed by atoms with E-state index in [1.165, 1.54) is 4.88 Å². The molecule has 6 heteroatoms. The predicted octanol–water partition coefficient (Wildman–Crippen LogP) is 2.48. The molecular weight excluding hydrogens is 276 g/mol. The number of urea groups is 1. The molecule has 0 aliphatic rings. The molecule has 0 spiro atoms. The molecule has 0 aromatic carbocycles. The first kappa shape index (κ1) is 16.5. The van der Waals surface area contributed by atoms with E-state index >= 15 is 0 Å². The molecule has 20 heavy (non-hydrogen) atoms. The Labute approximate surface area is 123 Å².